The van der Waals surface area contributed by atoms with Crippen LogP contribution >= 0.6 is 23.1 Å². The van der Waals surface area contributed by atoms with Gasteiger partial charge < -0.3 is 25.9 Å². The first-order chi connectivity index (χ1) is 11.9. The molecule has 1 aromatic heterocycles. The van der Waals surface area contributed by atoms with E-state index in [-0.39, 0.29) is 16.5 Å². The number of thiazole rings is 1. The number of rotatable bonds is 5. The minimum Gasteiger partial charge on any atom is -0.479 e. The van der Waals surface area contributed by atoms with Crippen LogP contribution in [0.5, 0.6) is 0 Å². The van der Waals surface area contributed by atoms with Crippen molar-refractivity contribution in [3.8, 4) is 0 Å². The van der Waals surface area contributed by atoms with Gasteiger partial charge in [0.15, 0.2) is 10.8 Å². The highest BCUT2D eigenvalue weighted by Crippen LogP contribution is 2.37. The molecule has 1 fully saturated rings. The number of carbonyl (C=O) groups is 3. The molecule has 1 saturated heterocycles. The molecule has 3 heterocycles. The van der Waals surface area contributed by atoms with Crippen LogP contribution in [0.2, 0.25) is 0 Å². The Hall–Kier alpha value is -2.60. The van der Waals surface area contributed by atoms with Gasteiger partial charge in [0, 0.05) is 5.38 Å². The van der Waals surface area contributed by atoms with Gasteiger partial charge in [0.2, 0.25) is 5.91 Å². The molecule has 2 aliphatic heterocycles. The minimum absolute atomic E-state index is 0.118. The van der Waals surface area contributed by atoms with Crippen molar-refractivity contribution in [1.82, 2.24) is 15.2 Å². The van der Waals surface area contributed by atoms with Crippen molar-refractivity contribution in [2.24, 2.45) is 5.16 Å². The average molecular weight is 383 g/mol. The predicted molar refractivity (Wildman–Crippen MR) is 90.8 cm³/mol. The second-order valence-electron chi connectivity index (χ2n) is 5.03. The third-order valence-electron chi connectivity index (χ3n) is 3.56. The molecule has 2 aliphatic rings. The predicted octanol–water partition coefficient (Wildman–Crippen LogP) is -0.557. The number of anilines is 1. The van der Waals surface area contributed by atoms with Gasteiger partial charge >= 0.3 is 5.97 Å². The Morgan fingerprint density at radius 2 is 2.28 bits per heavy atom. The van der Waals surface area contributed by atoms with Crippen LogP contribution in [0.3, 0.4) is 0 Å². The molecule has 4 N–H and O–H groups in total. The van der Waals surface area contributed by atoms with Crippen molar-refractivity contribution in [2.45, 2.75) is 17.5 Å². The highest BCUT2D eigenvalue weighted by atomic mass is 32.2. The largest absolute Gasteiger partial charge is 0.479 e. The van der Waals surface area contributed by atoms with Gasteiger partial charge in [0.1, 0.15) is 30.3 Å². The van der Waals surface area contributed by atoms with Crippen molar-refractivity contribution in [3.63, 3.8) is 0 Å². The van der Waals surface area contributed by atoms with E-state index in [1.807, 2.05) is 0 Å². The van der Waals surface area contributed by atoms with Crippen molar-refractivity contribution in [3.05, 3.63) is 22.6 Å². The lowest BCUT2D eigenvalue weighted by atomic mass is 10.0. The number of nitrogens with zero attached hydrogens (tertiary/aromatic N) is 3. The van der Waals surface area contributed by atoms with Crippen LogP contribution in [-0.4, -0.2) is 63.1 Å². The third kappa shape index (κ3) is 3.05. The smallest absolute Gasteiger partial charge is 0.330 e. The molecule has 0 saturated carbocycles. The minimum atomic E-state index is -1.13. The van der Waals surface area contributed by atoms with E-state index in [2.05, 4.69) is 20.3 Å². The van der Waals surface area contributed by atoms with E-state index in [4.69, 9.17) is 10.8 Å². The van der Waals surface area contributed by atoms with E-state index in [0.29, 0.717) is 0 Å². The van der Waals surface area contributed by atoms with Gasteiger partial charge in [-0.25, -0.2) is 9.78 Å². The van der Waals surface area contributed by atoms with Crippen molar-refractivity contribution >= 4 is 51.7 Å². The Kier molecular flexibility index (Phi) is 4.63. The molecule has 1 unspecified atom stereocenters. The Morgan fingerprint density at radius 1 is 1.52 bits per heavy atom. The lowest BCUT2D eigenvalue weighted by Crippen LogP contribution is -2.73. The number of nitrogen functional groups attached to an aromatic ring is 1. The molecule has 132 valence electrons. The van der Waals surface area contributed by atoms with Crippen LogP contribution in [0.15, 0.2) is 22.0 Å². The van der Waals surface area contributed by atoms with Crippen LogP contribution in [0.1, 0.15) is 5.69 Å². The Bertz CT molecular complexity index is 792. The average Bonchev–Trinajstić information content (AvgIpc) is 3.02. The summed E-state index contributed by atoms with van der Waals surface area (Å²) in [6, 6.07) is -1.89. The number of aromatic nitrogens is 1. The van der Waals surface area contributed by atoms with Gasteiger partial charge in [0.05, 0.1) is 0 Å². The van der Waals surface area contributed by atoms with E-state index < -0.39 is 35.2 Å². The lowest BCUT2D eigenvalue weighted by Gasteiger charge is -2.49. The highest BCUT2D eigenvalue weighted by Gasteiger charge is 2.54. The van der Waals surface area contributed by atoms with Gasteiger partial charge in [-0.1, -0.05) is 5.16 Å². The summed E-state index contributed by atoms with van der Waals surface area (Å²) in [5.41, 5.74) is 5.67. The second kappa shape index (κ2) is 6.72. The monoisotopic (exact) mass is 383 g/mol. The first-order valence-electron chi connectivity index (χ1n) is 6.94. The summed E-state index contributed by atoms with van der Waals surface area (Å²) in [5, 5.41) is 18.3. The molecule has 0 bridgehead atoms. The zero-order chi connectivity index (χ0) is 18.1. The molecule has 0 radical (unpaired) electrons. The summed E-state index contributed by atoms with van der Waals surface area (Å²) < 4.78 is 0. The molecular weight excluding hydrogens is 370 g/mol. The van der Waals surface area contributed by atoms with E-state index >= 15 is 0 Å². The zero-order valence-corrected chi connectivity index (χ0v) is 14.4. The molecule has 0 aliphatic carbocycles. The van der Waals surface area contributed by atoms with Crippen LogP contribution in [0.4, 0.5) is 5.13 Å². The number of hydrogen-bond donors (Lipinski definition) is 3. The van der Waals surface area contributed by atoms with Crippen molar-refractivity contribution in [2.75, 3.05) is 12.8 Å². The number of hydrogen-bond acceptors (Lipinski definition) is 9. The zero-order valence-electron chi connectivity index (χ0n) is 12.8. The highest BCUT2D eigenvalue weighted by molar-refractivity contribution is 8.02. The fourth-order valence-electron chi connectivity index (χ4n) is 2.46. The molecule has 1 aromatic rings. The number of oxime groups is 1. The van der Waals surface area contributed by atoms with Gasteiger partial charge in [-0.15, -0.1) is 23.1 Å². The fraction of sp³-hybridized carbons (Fsp3) is 0.308. The molecule has 0 spiro atoms. The Labute approximate surface area is 149 Å². The molecule has 2 amide bonds. The second-order valence-corrected chi connectivity index (χ2v) is 6.95. The fourth-order valence-corrected chi connectivity index (χ4v) is 4.11. The number of carboxylic acids is 1. The molecule has 10 nitrogen and oxygen atoms in total. The summed E-state index contributed by atoms with van der Waals surface area (Å²) in [5.74, 6) is -2.26. The molecule has 25 heavy (non-hydrogen) atoms. The van der Waals surface area contributed by atoms with Gasteiger partial charge in [-0.2, -0.15) is 0 Å². The summed E-state index contributed by atoms with van der Waals surface area (Å²) in [4.78, 5) is 45.8. The number of nitrogens with two attached hydrogens (primary N) is 1. The number of nitrogens with one attached hydrogen (secondary N) is 1. The van der Waals surface area contributed by atoms with E-state index in [0.717, 1.165) is 11.3 Å². The summed E-state index contributed by atoms with van der Waals surface area (Å²) in [6.07, 6.45) is 1.43. The number of thioether (sulfide) groups is 1. The lowest BCUT2D eigenvalue weighted by molar-refractivity contribution is -0.159. The number of carbonyl (C=O) groups excluding carboxylic acids is 2. The summed E-state index contributed by atoms with van der Waals surface area (Å²) in [7, 11) is 1.28. The standard InChI is InChI=1S/C13H13N5O5S2/c1-23-17-7(5-4-25-13(14)15-5)9(19)16-8-10(20)18-6(12(21)22)2-3-24-11(8)18/h2-4,6,8,11H,1H3,(H2,14,15)(H,16,19)(H,21,22)/b17-7-/t6?,8-,11+/m0/s1. The van der Waals surface area contributed by atoms with Gasteiger partial charge in [-0.3, -0.25) is 9.59 Å². The first-order valence-corrected chi connectivity index (χ1v) is 8.76. The van der Waals surface area contributed by atoms with E-state index in [1.165, 1.54) is 29.8 Å². The quantitative estimate of drug-likeness (QED) is 0.348. The molecular formula is C13H13N5O5S2. The molecule has 12 heteroatoms. The Morgan fingerprint density at radius 3 is 2.88 bits per heavy atom. The number of amides is 2. The van der Waals surface area contributed by atoms with Crippen molar-refractivity contribution < 1.29 is 24.3 Å². The number of β-lactam (4-membered cyclic amide) rings is 1. The van der Waals surface area contributed by atoms with Gasteiger partial charge in [-0.05, 0) is 11.5 Å². The first kappa shape index (κ1) is 17.2. The van der Waals surface area contributed by atoms with Crippen molar-refractivity contribution in [1.29, 1.82) is 0 Å². The van der Waals surface area contributed by atoms with E-state index in [1.54, 1.807) is 10.8 Å². The van der Waals surface area contributed by atoms with Crippen LogP contribution < -0.4 is 11.1 Å². The van der Waals surface area contributed by atoms with Gasteiger partial charge in [0.25, 0.3) is 5.91 Å². The third-order valence-corrected chi connectivity index (χ3v) is 5.33. The van der Waals surface area contributed by atoms with Crippen LogP contribution in [0, 0.1) is 0 Å². The SMILES string of the molecule is CO/N=C(\C(=O)N[C@H]1C(=O)N2C(C(=O)O)C=CS[C@H]12)c1csc(N)n1. The van der Waals surface area contributed by atoms with Crippen LogP contribution in [-0.2, 0) is 19.2 Å². The topological polar surface area (TPSA) is 147 Å². The number of fused-ring (bicyclic) bond motifs is 1. The number of carboxylic acid groups (broad SMARTS) is 1. The maximum absolute atomic E-state index is 12.5. The maximum atomic E-state index is 12.5. The number of aliphatic carboxylic acids is 1. The van der Waals surface area contributed by atoms with Crippen LogP contribution in [0.25, 0.3) is 0 Å². The normalized spacial score (nSPS) is 25.2. The Balaban J connectivity index is 1.75. The molecule has 3 atom stereocenters. The summed E-state index contributed by atoms with van der Waals surface area (Å²) in [6.45, 7) is 0. The van der Waals surface area contributed by atoms with E-state index in [9.17, 15) is 14.4 Å². The molecule has 3 rings (SSSR count). The molecule has 0 aromatic carbocycles. The summed E-state index contributed by atoms with van der Waals surface area (Å²) >= 11 is 2.39. The maximum Gasteiger partial charge on any atom is 0.330 e.